The van der Waals surface area contributed by atoms with E-state index >= 15 is 0 Å². The number of hydrogen-bond donors (Lipinski definition) is 2. The van der Waals surface area contributed by atoms with Crippen LogP contribution in [-0.2, 0) is 6.54 Å². The van der Waals surface area contributed by atoms with E-state index in [1.807, 2.05) is 54.6 Å². The van der Waals surface area contributed by atoms with Gasteiger partial charge in [-0.2, -0.15) is 0 Å². The molecule has 1 aromatic heterocycles. The van der Waals surface area contributed by atoms with Crippen molar-refractivity contribution in [1.82, 2.24) is 10.0 Å². The first kappa shape index (κ1) is 18.0. The summed E-state index contributed by atoms with van der Waals surface area (Å²) in [6.45, 7) is 0.303. The normalized spacial score (nSPS) is 9.92. The van der Waals surface area contributed by atoms with Gasteiger partial charge in [-0.15, -0.1) is 4.73 Å². The number of carbonyl (C=O) groups is 1. The Balaban J connectivity index is 0.00000225. The lowest BCUT2D eigenvalue weighted by atomic mass is 10.0. The molecule has 1 amide bonds. The largest absolute Gasteiger partial charge is 0.425 e. The van der Waals surface area contributed by atoms with Crippen LogP contribution in [0.25, 0.3) is 11.1 Å². The molecule has 3 aromatic rings. The second kappa shape index (κ2) is 7.97. The molecule has 0 atom stereocenters. The summed E-state index contributed by atoms with van der Waals surface area (Å²) in [5.74, 6) is -0.512. The highest BCUT2D eigenvalue weighted by Crippen LogP contribution is 2.19. The van der Waals surface area contributed by atoms with Gasteiger partial charge in [-0.3, -0.25) is 9.59 Å². The molecule has 0 saturated heterocycles. The fourth-order valence-electron chi connectivity index (χ4n) is 2.37. The monoisotopic (exact) mass is 336 g/mol. The molecule has 0 aliphatic heterocycles. The minimum Gasteiger partial charge on any atom is -0.425 e. The first-order valence-corrected chi connectivity index (χ1v) is 7.49. The van der Waals surface area contributed by atoms with E-state index in [-0.39, 0.29) is 13.1 Å². The Kier molecular flexibility index (Phi) is 5.74. The van der Waals surface area contributed by atoms with Crippen LogP contribution in [0.2, 0.25) is 0 Å². The van der Waals surface area contributed by atoms with Crippen LogP contribution in [0.5, 0.6) is 0 Å². The Morgan fingerprint density at radius 1 is 0.880 bits per heavy atom. The predicted octanol–water partition coefficient (Wildman–Crippen LogP) is 3.32. The highest BCUT2D eigenvalue weighted by Gasteiger charge is 2.11. The van der Waals surface area contributed by atoms with Gasteiger partial charge in [0.15, 0.2) is 0 Å². The number of amides is 1. The summed E-state index contributed by atoms with van der Waals surface area (Å²) in [6.07, 6.45) is 0. The van der Waals surface area contributed by atoms with Gasteiger partial charge in [0.2, 0.25) is 0 Å². The number of rotatable bonds is 4. The maximum absolute atomic E-state index is 12.0. The Labute approximate surface area is 146 Å². The number of benzene rings is 2. The summed E-state index contributed by atoms with van der Waals surface area (Å²) >= 11 is 0. The summed E-state index contributed by atoms with van der Waals surface area (Å²) in [5, 5.41) is 12.3. The van der Waals surface area contributed by atoms with E-state index in [1.165, 1.54) is 18.2 Å². The predicted molar refractivity (Wildman–Crippen MR) is 97.7 cm³/mol. The van der Waals surface area contributed by atoms with Crippen molar-refractivity contribution in [3.63, 3.8) is 0 Å². The minimum absolute atomic E-state index is 0. The lowest BCUT2D eigenvalue weighted by Crippen LogP contribution is -2.30. The van der Waals surface area contributed by atoms with E-state index in [2.05, 4.69) is 5.32 Å². The Morgan fingerprint density at radius 2 is 1.52 bits per heavy atom. The summed E-state index contributed by atoms with van der Waals surface area (Å²) < 4.78 is 0.341. The van der Waals surface area contributed by atoms with Crippen LogP contribution < -0.4 is 10.9 Å². The summed E-state index contributed by atoms with van der Waals surface area (Å²) in [6, 6.07) is 21.8. The fraction of sp³-hybridized carbons (Fsp3) is 0.100. The average molecular weight is 336 g/mol. The van der Waals surface area contributed by atoms with Crippen LogP contribution in [0.4, 0.5) is 0 Å². The summed E-state index contributed by atoms with van der Waals surface area (Å²) in [5.41, 5.74) is 2.41. The molecular weight excluding hydrogens is 316 g/mol. The van der Waals surface area contributed by atoms with Gasteiger partial charge in [0.1, 0.15) is 5.69 Å². The van der Waals surface area contributed by atoms with Crippen LogP contribution in [-0.4, -0.2) is 15.8 Å². The van der Waals surface area contributed by atoms with Gasteiger partial charge in [0.05, 0.1) is 0 Å². The second-order valence-corrected chi connectivity index (χ2v) is 5.31. The third kappa shape index (κ3) is 4.14. The quantitative estimate of drug-likeness (QED) is 0.718. The molecule has 128 valence electrons. The molecule has 0 aliphatic carbocycles. The highest BCUT2D eigenvalue weighted by atomic mass is 16.5. The van der Waals surface area contributed by atoms with Gasteiger partial charge >= 0.3 is 0 Å². The molecule has 0 spiro atoms. The molecule has 0 unspecified atom stereocenters. The zero-order valence-corrected chi connectivity index (χ0v) is 12.8. The third-order valence-corrected chi connectivity index (χ3v) is 3.68. The van der Waals surface area contributed by atoms with Gasteiger partial charge in [-0.25, -0.2) is 0 Å². The average Bonchev–Trinajstić information content (AvgIpc) is 2.63. The number of pyridine rings is 1. The SMILES string of the molecule is C.O=C(NCc1ccc(-c2ccccc2)cc1)c1cccc(=O)n1O. The minimum atomic E-state index is -0.644. The van der Waals surface area contributed by atoms with Gasteiger partial charge in [0, 0.05) is 12.6 Å². The molecule has 0 aliphatic rings. The molecule has 0 radical (unpaired) electrons. The van der Waals surface area contributed by atoms with Crippen molar-refractivity contribution in [2.75, 3.05) is 0 Å². The number of aromatic nitrogens is 1. The smallest absolute Gasteiger partial charge is 0.283 e. The molecule has 5 nitrogen and oxygen atoms in total. The van der Waals surface area contributed by atoms with Gasteiger partial charge in [-0.05, 0) is 22.8 Å². The number of nitrogens with one attached hydrogen (secondary N) is 1. The van der Waals surface area contributed by atoms with Crippen molar-refractivity contribution >= 4 is 5.91 Å². The number of hydrogen-bond acceptors (Lipinski definition) is 3. The lowest BCUT2D eigenvalue weighted by Gasteiger charge is -2.08. The first-order valence-electron chi connectivity index (χ1n) is 7.49. The molecule has 0 fully saturated rings. The molecule has 5 heteroatoms. The third-order valence-electron chi connectivity index (χ3n) is 3.68. The number of nitrogens with zero attached hydrogens (tertiary/aromatic N) is 1. The van der Waals surface area contributed by atoms with Gasteiger partial charge in [0.25, 0.3) is 11.5 Å². The van der Waals surface area contributed by atoms with Crippen molar-refractivity contribution < 1.29 is 10.0 Å². The summed E-state index contributed by atoms with van der Waals surface area (Å²) in [7, 11) is 0. The van der Waals surface area contributed by atoms with Crippen LogP contribution in [0.3, 0.4) is 0 Å². The summed E-state index contributed by atoms with van der Waals surface area (Å²) in [4.78, 5) is 23.4. The first-order chi connectivity index (χ1) is 11.6. The van der Waals surface area contributed by atoms with E-state index in [0.717, 1.165) is 16.7 Å². The van der Waals surface area contributed by atoms with Crippen molar-refractivity contribution in [1.29, 1.82) is 0 Å². The van der Waals surface area contributed by atoms with Crippen LogP contribution in [0, 0.1) is 0 Å². The molecule has 0 bridgehead atoms. The van der Waals surface area contributed by atoms with Crippen molar-refractivity contribution in [2.45, 2.75) is 14.0 Å². The lowest BCUT2D eigenvalue weighted by molar-refractivity contribution is 0.0889. The zero-order valence-electron chi connectivity index (χ0n) is 12.8. The molecule has 0 saturated carbocycles. The Hall–Kier alpha value is -3.34. The standard InChI is InChI=1S/C19H16N2O3.CH4/c22-18-8-4-7-17(21(18)24)19(23)20-13-14-9-11-16(12-10-14)15-5-2-1-3-6-15;/h1-12,24H,13H2,(H,20,23);1H4. The topological polar surface area (TPSA) is 71.3 Å². The Morgan fingerprint density at radius 3 is 2.20 bits per heavy atom. The maximum Gasteiger partial charge on any atom is 0.283 e. The molecule has 2 aromatic carbocycles. The fourth-order valence-corrected chi connectivity index (χ4v) is 2.37. The molecule has 1 heterocycles. The molecule has 25 heavy (non-hydrogen) atoms. The van der Waals surface area contributed by atoms with Crippen molar-refractivity contribution in [2.24, 2.45) is 0 Å². The van der Waals surface area contributed by atoms with E-state index in [0.29, 0.717) is 11.3 Å². The van der Waals surface area contributed by atoms with Gasteiger partial charge in [-0.1, -0.05) is 68.1 Å². The van der Waals surface area contributed by atoms with E-state index in [9.17, 15) is 14.8 Å². The number of carbonyl (C=O) groups excluding carboxylic acids is 1. The van der Waals surface area contributed by atoms with Crippen molar-refractivity contribution in [3.8, 4) is 11.1 Å². The molecule has 2 N–H and O–H groups in total. The zero-order chi connectivity index (χ0) is 16.9. The molecular formula is C20H20N2O3. The highest BCUT2D eigenvalue weighted by molar-refractivity contribution is 5.92. The van der Waals surface area contributed by atoms with E-state index < -0.39 is 11.5 Å². The van der Waals surface area contributed by atoms with E-state index in [4.69, 9.17) is 0 Å². The van der Waals surface area contributed by atoms with E-state index in [1.54, 1.807) is 0 Å². The van der Waals surface area contributed by atoms with Crippen LogP contribution in [0.15, 0.2) is 77.6 Å². The Bertz CT molecular complexity index is 900. The van der Waals surface area contributed by atoms with Crippen LogP contribution >= 0.6 is 0 Å². The van der Waals surface area contributed by atoms with Gasteiger partial charge < -0.3 is 10.5 Å². The van der Waals surface area contributed by atoms with Crippen molar-refractivity contribution in [3.05, 3.63) is 94.4 Å². The second-order valence-electron chi connectivity index (χ2n) is 5.31. The van der Waals surface area contributed by atoms with Crippen LogP contribution in [0.1, 0.15) is 23.5 Å². The molecule has 3 rings (SSSR count). The maximum atomic E-state index is 12.0.